The Balaban J connectivity index is 1.67. The lowest BCUT2D eigenvalue weighted by molar-refractivity contribution is 0.0416. The minimum absolute atomic E-state index is 0.331. The highest BCUT2D eigenvalue weighted by atomic mass is 32.2. The molecule has 2 fully saturated rings. The Morgan fingerprint density at radius 1 is 1.20 bits per heavy atom. The van der Waals surface area contributed by atoms with Gasteiger partial charge in [-0.2, -0.15) is 0 Å². The molecule has 0 amide bonds. The van der Waals surface area contributed by atoms with E-state index in [1.165, 1.54) is 18.4 Å². The van der Waals surface area contributed by atoms with Crippen LogP contribution >= 0.6 is 0 Å². The van der Waals surface area contributed by atoms with Crippen molar-refractivity contribution < 1.29 is 13.2 Å². The van der Waals surface area contributed by atoms with Crippen LogP contribution < -0.4 is 5.32 Å². The van der Waals surface area contributed by atoms with E-state index in [1.54, 1.807) is 12.1 Å². The van der Waals surface area contributed by atoms with Crippen LogP contribution in [0.25, 0.3) is 0 Å². The van der Waals surface area contributed by atoms with Crippen molar-refractivity contribution in [2.45, 2.75) is 29.4 Å². The molecule has 1 aromatic rings. The molecule has 0 radical (unpaired) electrons. The summed E-state index contributed by atoms with van der Waals surface area (Å²) in [5, 5.41) is 3.06. The first-order valence-corrected chi connectivity index (χ1v) is 8.82. The largest absolute Gasteiger partial charge is 0.379 e. The summed E-state index contributed by atoms with van der Waals surface area (Å²) in [5.41, 5.74) is 1.22. The monoisotopic (exact) mass is 295 g/mol. The molecule has 0 aliphatic carbocycles. The van der Waals surface area contributed by atoms with Crippen molar-refractivity contribution in [3.63, 3.8) is 0 Å². The van der Waals surface area contributed by atoms with Gasteiger partial charge in [0.25, 0.3) is 0 Å². The van der Waals surface area contributed by atoms with Gasteiger partial charge in [-0.05, 0) is 56.0 Å². The molecule has 2 aliphatic rings. The third-order valence-corrected chi connectivity index (χ3v) is 6.30. The highest BCUT2D eigenvalue weighted by Crippen LogP contribution is 2.23. The summed E-state index contributed by atoms with van der Waals surface area (Å²) >= 11 is 0. The minimum atomic E-state index is -3.19. The smallest absolute Gasteiger partial charge is 0.185 e. The summed E-state index contributed by atoms with van der Waals surface area (Å²) in [7, 11) is -3.19. The number of benzene rings is 1. The van der Waals surface area contributed by atoms with Crippen LogP contribution in [0.4, 0.5) is 0 Å². The number of piperidine rings is 1. The lowest BCUT2D eigenvalue weighted by atomic mass is 9.92. The second kappa shape index (κ2) is 5.84. The molecule has 0 bridgehead atoms. The van der Waals surface area contributed by atoms with Gasteiger partial charge in [0.2, 0.25) is 0 Å². The maximum absolute atomic E-state index is 12.2. The molecule has 20 heavy (non-hydrogen) atoms. The van der Waals surface area contributed by atoms with Crippen LogP contribution in [-0.2, 0) is 21.0 Å². The summed E-state index contributed by atoms with van der Waals surface area (Å²) in [6, 6.07) is 7.42. The fraction of sp³-hybridized carbons (Fsp3) is 0.600. The fourth-order valence-electron chi connectivity index (χ4n) is 2.83. The van der Waals surface area contributed by atoms with Gasteiger partial charge >= 0.3 is 0 Å². The zero-order valence-electron chi connectivity index (χ0n) is 11.5. The van der Waals surface area contributed by atoms with Crippen LogP contribution in [0, 0.1) is 5.92 Å². The van der Waals surface area contributed by atoms with Crippen LogP contribution in [0.3, 0.4) is 0 Å². The van der Waals surface area contributed by atoms with Gasteiger partial charge in [-0.15, -0.1) is 0 Å². The van der Waals surface area contributed by atoms with Gasteiger partial charge in [0.1, 0.15) is 5.25 Å². The van der Waals surface area contributed by atoms with Crippen molar-refractivity contribution in [3.05, 3.63) is 29.8 Å². The zero-order valence-corrected chi connectivity index (χ0v) is 12.4. The third kappa shape index (κ3) is 2.90. The summed E-state index contributed by atoms with van der Waals surface area (Å²) in [6.07, 6.45) is 3.52. The van der Waals surface area contributed by atoms with Crippen molar-refractivity contribution in [2.24, 2.45) is 5.92 Å². The molecular weight excluding hydrogens is 274 g/mol. The molecule has 0 spiro atoms. The fourth-order valence-corrected chi connectivity index (χ4v) is 4.28. The molecule has 2 heterocycles. The molecule has 1 N–H and O–H groups in total. The molecule has 0 aromatic heterocycles. The molecule has 5 heteroatoms. The first kappa shape index (κ1) is 14.0. The van der Waals surface area contributed by atoms with Crippen LogP contribution in [0.1, 0.15) is 18.4 Å². The SMILES string of the molecule is O=S(=O)(c1ccc(CC2CCCNC2)cc1)C1COC1. The summed E-state index contributed by atoms with van der Waals surface area (Å²) in [5.74, 6) is 0.672. The first-order valence-electron chi connectivity index (χ1n) is 7.27. The Kier molecular flexibility index (Phi) is 4.10. The van der Waals surface area contributed by atoms with Gasteiger partial charge in [0.15, 0.2) is 9.84 Å². The molecule has 1 atom stereocenters. The molecule has 0 saturated carbocycles. The Bertz CT molecular complexity index is 543. The van der Waals surface area contributed by atoms with Crippen LogP contribution in [0.15, 0.2) is 29.2 Å². The molecule has 2 saturated heterocycles. The number of hydrogen-bond acceptors (Lipinski definition) is 4. The van der Waals surface area contributed by atoms with Gasteiger partial charge in [0, 0.05) is 0 Å². The molecule has 1 unspecified atom stereocenters. The molecule has 4 nitrogen and oxygen atoms in total. The van der Waals surface area contributed by atoms with Crippen molar-refractivity contribution in [2.75, 3.05) is 26.3 Å². The first-order chi connectivity index (χ1) is 9.66. The van der Waals surface area contributed by atoms with E-state index in [9.17, 15) is 8.42 Å². The normalized spacial score (nSPS) is 24.3. The van der Waals surface area contributed by atoms with E-state index in [4.69, 9.17) is 4.74 Å². The van der Waals surface area contributed by atoms with Crippen molar-refractivity contribution in [1.82, 2.24) is 5.32 Å². The second-order valence-corrected chi connectivity index (χ2v) is 7.99. The zero-order chi connectivity index (χ0) is 14.0. The summed E-state index contributed by atoms with van der Waals surface area (Å²) in [4.78, 5) is 0.427. The molecular formula is C15H21NO3S. The van der Waals surface area contributed by atoms with Gasteiger partial charge in [-0.3, -0.25) is 0 Å². The topological polar surface area (TPSA) is 55.4 Å². The minimum Gasteiger partial charge on any atom is -0.379 e. The van der Waals surface area contributed by atoms with Gasteiger partial charge in [-0.25, -0.2) is 8.42 Å². The van der Waals surface area contributed by atoms with E-state index < -0.39 is 9.84 Å². The molecule has 1 aromatic carbocycles. The molecule has 2 aliphatic heterocycles. The highest BCUT2D eigenvalue weighted by Gasteiger charge is 2.33. The van der Waals surface area contributed by atoms with Crippen LogP contribution in [-0.4, -0.2) is 40.0 Å². The maximum Gasteiger partial charge on any atom is 0.185 e. The summed E-state index contributed by atoms with van der Waals surface area (Å²) in [6.45, 7) is 2.85. The average Bonchev–Trinajstić information content (AvgIpc) is 2.38. The van der Waals surface area contributed by atoms with E-state index in [2.05, 4.69) is 5.32 Å². The van der Waals surface area contributed by atoms with E-state index >= 15 is 0 Å². The van der Waals surface area contributed by atoms with Crippen molar-refractivity contribution in [3.8, 4) is 0 Å². The van der Waals surface area contributed by atoms with E-state index in [1.807, 2.05) is 12.1 Å². The van der Waals surface area contributed by atoms with Crippen molar-refractivity contribution >= 4 is 9.84 Å². The van der Waals surface area contributed by atoms with Gasteiger partial charge in [-0.1, -0.05) is 12.1 Å². The number of hydrogen-bond donors (Lipinski definition) is 1. The quantitative estimate of drug-likeness (QED) is 0.912. The van der Waals surface area contributed by atoms with Crippen LogP contribution in [0.2, 0.25) is 0 Å². The lowest BCUT2D eigenvalue weighted by Gasteiger charge is -2.26. The predicted molar refractivity (Wildman–Crippen MR) is 77.5 cm³/mol. The number of sulfone groups is 1. The Morgan fingerprint density at radius 2 is 1.95 bits per heavy atom. The predicted octanol–water partition coefficient (Wildman–Crippen LogP) is 1.40. The van der Waals surface area contributed by atoms with Gasteiger partial charge < -0.3 is 10.1 Å². The number of nitrogens with one attached hydrogen (secondary N) is 1. The maximum atomic E-state index is 12.2. The lowest BCUT2D eigenvalue weighted by Crippen LogP contribution is -2.40. The van der Waals surface area contributed by atoms with E-state index in [-0.39, 0.29) is 5.25 Å². The Hall–Kier alpha value is -0.910. The van der Waals surface area contributed by atoms with Crippen molar-refractivity contribution in [1.29, 1.82) is 0 Å². The Labute approximate surface area is 120 Å². The summed E-state index contributed by atoms with van der Waals surface area (Å²) < 4.78 is 29.4. The van der Waals surface area contributed by atoms with Crippen LogP contribution in [0.5, 0.6) is 0 Å². The van der Waals surface area contributed by atoms with Gasteiger partial charge in [0.05, 0.1) is 18.1 Å². The molecule has 110 valence electrons. The second-order valence-electron chi connectivity index (χ2n) is 5.76. The highest BCUT2D eigenvalue weighted by molar-refractivity contribution is 7.92. The number of ether oxygens (including phenoxy) is 1. The van der Waals surface area contributed by atoms with E-state index in [0.29, 0.717) is 24.0 Å². The molecule has 3 rings (SSSR count). The standard InChI is InChI=1S/C15H21NO3S/c17-20(18,15-10-19-11-15)14-5-3-12(4-6-14)8-13-2-1-7-16-9-13/h3-6,13,15-16H,1-2,7-11H2. The number of rotatable bonds is 4. The third-order valence-electron chi connectivity index (χ3n) is 4.22. The average molecular weight is 295 g/mol. The van der Waals surface area contributed by atoms with E-state index in [0.717, 1.165) is 19.5 Å². The Morgan fingerprint density at radius 3 is 2.50 bits per heavy atom.